The summed E-state index contributed by atoms with van der Waals surface area (Å²) in [4.78, 5) is 0. The zero-order valence-electron chi connectivity index (χ0n) is 14.7. The van der Waals surface area contributed by atoms with Crippen molar-refractivity contribution in [2.24, 2.45) is 0 Å². The van der Waals surface area contributed by atoms with Crippen molar-refractivity contribution in [1.29, 1.82) is 0 Å². The van der Waals surface area contributed by atoms with E-state index in [4.69, 9.17) is 18.3 Å². The lowest BCUT2D eigenvalue weighted by Gasteiger charge is -2.21. The second-order valence-electron chi connectivity index (χ2n) is 6.77. The fourth-order valence-corrected chi connectivity index (χ4v) is 4.16. The van der Waals surface area contributed by atoms with E-state index in [1.54, 1.807) is 7.11 Å². The van der Waals surface area contributed by atoms with Crippen LogP contribution in [0.25, 0.3) is 11.0 Å². The van der Waals surface area contributed by atoms with Crippen LogP contribution in [-0.2, 0) is 10.2 Å². The summed E-state index contributed by atoms with van der Waals surface area (Å²) < 4.78 is 23.9. The molecule has 0 aliphatic heterocycles. The van der Waals surface area contributed by atoms with Crippen molar-refractivity contribution in [3.05, 3.63) is 22.4 Å². The van der Waals surface area contributed by atoms with Gasteiger partial charge in [0.25, 0.3) is 0 Å². The van der Waals surface area contributed by atoms with Crippen molar-refractivity contribution in [2.45, 2.75) is 39.3 Å². The molecule has 1 aromatic carbocycles. The number of hydrogen-bond acceptors (Lipinski definition) is 4. The van der Waals surface area contributed by atoms with Crippen molar-refractivity contribution < 1.29 is 18.3 Å². The molecule has 4 nitrogen and oxygen atoms in total. The minimum atomic E-state index is -1.25. The van der Waals surface area contributed by atoms with Gasteiger partial charge in [0, 0.05) is 12.7 Å². The number of furan rings is 1. The Morgan fingerprint density at radius 3 is 2.43 bits per heavy atom. The van der Waals surface area contributed by atoms with E-state index in [2.05, 4.69) is 49.8 Å². The van der Waals surface area contributed by atoms with Gasteiger partial charge in [-0.05, 0) is 46.6 Å². The summed E-state index contributed by atoms with van der Waals surface area (Å²) in [5, 5.41) is 0.979. The van der Waals surface area contributed by atoms with Gasteiger partial charge in [-0.1, -0.05) is 20.8 Å². The minimum Gasteiger partial charge on any atom is -0.544 e. The molecule has 0 fully saturated rings. The Morgan fingerprint density at radius 1 is 1.17 bits per heavy atom. The first-order valence-electron chi connectivity index (χ1n) is 7.79. The van der Waals surface area contributed by atoms with Gasteiger partial charge in [-0.3, -0.25) is 0 Å². The average Bonchev–Trinajstić information content (AvgIpc) is 2.76. The maximum atomic E-state index is 6.08. The first kappa shape index (κ1) is 18.4. The molecule has 6 heteroatoms. The SMILES string of the molecule is COCCOc1c(O[SiH](C)C)ccc2oc(Br)c(C(C)(C)C)c12. The monoisotopic (exact) mass is 400 g/mol. The zero-order valence-corrected chi connectivity index (χ0v) is 17.4. The highest BCUT2D eigenvalue weighted by atomic mass is 79.9. The van der Waals surface area contributed by atoms with Crippen LogP contribution in [0, 0.1) is 0 Å². The summed E-state index contributed by atoms with van der Waals surface area (Å²) >= 11 is 3.56. The molecule has 128 valence electrons. The topological polar surface area (TPSA) is 40.8 Å². The van der Waals surface area contributed by atoms with Gasteiger partial charge in [0.15, 0.2) is 10.4 Å². The molecule has 0 unspecified atom stereocenters. The number of fused-ring (bicyclic) bond motifs is 1. The van der Waals surface area contributed by atoms with Gasteiger partial charge in [0.1, 0.15) is 17.9 Å². The molecular formula is C17H25BrO4Si. The smallest absolute Gasteiger partial charge is 0.229 e. The van der Waals surface area contributed by atoms with Crippen LogP contribution >= 0.6 is 15.9 Å². The van der Waals surface area contributed by atoms with Gasteiger partial charge in [-0.15, -0.1) is 0 Å². The quantitative estimate of drug-likeness (QED) is 0.511. The third kappa shape index (κ3) is 4.11. The largest absolute Gasteiger partial charge is 0.544 e. The summed E-state index contributed by atoms with van der Waals surface area (Å²) in [5.41, 5.74) is 1.81. The van der Waals surface area contributed by atoms with E-state index in [-0.39, 0.29) is 5.41 Å². The Bertz CT molecular complexity index is 673. The van der Waals surface area contributed by atoms with Gasteiger partial charge in [-0.2, -0.15) is 0 Å². The van der Waals surface area contributed by atoms with Gasteiger partial charge in [0.2, 0.25) is 9.04 Å². The molecule has 0 aliphatic rings. The fraction of sp³-hybridized carbons (Fsp3) is 0.529. The van der Waals surface area contributed by atoms with Crippen LogP contribution in [0.1, 0.15) is 26.3 Å². The summed E-state index contributed by atoms with van der Waals surface area (Å²) in [5.74, 6) is 1.54. The fourth-order valence-electron chi connectivity index (χ4n) is 2.50. The number of benzene rings is 1. The van der Waals surface area contributed by atoms with Crippen LogP contribution in [0.3, 0.4) is 0 Å². The summed E-state index contributed by atoms with van der Waals surface area (Å²) in [6.45, 7) is 11.7. The minimum absolute atomic E-state index is 0.0860. The maximum Gasteiger partial charge on any atom is 0.229 e. The second kappa shape index (κ2) is 7.28. The number of halogens is 1. The Balaban J connectivity index is 2.65. The van der Waals surface area contributed by atoms with E-state index >= 15 is 0 Å². The number of rotatable bonds is 6. The van der Waals surface area contributed by atoms with Crippen LogP contribution in [0.15, 0.2) is 21.2 Å². The summed E-state index contributed by atoms with van der Waals surface area (Å²) in [7, 11) is 0.413. The molecular weight excluding hydrogens is 376 g/mol. The van der Waals surface area contributed by atoms with Crippen LogP contribution in [0.2, 0.25) is 13.1 Å². The molecule has 0 spiro atoms. The lowest BCUT2D eigenvalue weighted by Crippen LogP contribution is -2.15. The molecule has 1 aromatic heterocycles. The van der Waals surface area contributed by atoms with E-state index in [1.165, 1.54) is 0 Å². The Kier molecular flexibility index (Phi) is 5.81. The average molecular weight is 401 g/mol. The lowest BCUT2D eigenvalue weighted by atomic mass is 9.86. The Labute approximate surface area is 148 Å². The molecule has 1 heterocycles. The molecule has 0 saturated heterocycles. The summed E-state index contributed by atoms with van der Waals surface area (Å²) in [6.07, 6.45) is 0. The van der Waals surface area contributed by atoms with Gasteiger partial charge < -0.3 is 18.3 Å². The second-order valence-corrected chi connectivity index (χ2v) is 9.83. The van der Waals surface area contributed by atoms with Gasteiger partial charge in [-0.25, -0.2) is 0 Å². The van der Waals surface area contributed by atoms with E-state index in [1.807, 2.05) is 12.1 Å². The van der Waals surface area contributed by atoms with Crippen LogP contribution in [0.5, 0.6) is 11.5 Å². The predicted molar refractivity (Wildman–Crippen MR) is 99.5 cm³/mol. The highest BCUT2D eigenvalue weighted by Crippen LogP contribution is 2.46. The number of hydrogen-bond donors (Lipinski definition) is 0. The van der Waals surface area contributed by atoms with Crippen molar-refractivity contribution in [2.75, 3.05) is 20.3 Å². The zero-order chi connectivity index (χ0) is 17.2. The van der Waals surface area contributed by atoms with Crippen molar-refractivity contribution in [3.8, 4) is 11.5 Å². The third-order valence-electron chi connectivity index (χ3n) is 3.38. The molecule has 0 amide bonds. The van der Waals surface area contributed by atoms with Crippen molar-refractivity contribution in [3.63, 3.8) is 0 Å². The Hall–Kier alpha value is -0.983. The van der Waals surface area contributed by atoms with Crippen molar-refractivity contribution in [1.82, 2.24) is 0 Å². The van der Waals surface area contributed by atoms with E-state index in [9.17, 15) is 0 Å². The molecule has 0 N–H and O–H groups in total. The van der Waals surface area contributed by atoms with Crippen molar-refractivity contribution >= 4 is 35.9 Å². The van der Waals surface area contributed by atoms with E-state index in [0.717, 1.165) is 32.7 Å². The van der Waals surface area contributed by atoms with Crippen LogP contribution < -0.4 is 9.16 Å². The van der Waals surface area contributed by atoms with E-state index in [0.29, 0.717) is 13.2 Å². The molecule has 2 rings (SSSR count). The highest BCUT2D eigenvalue weighted by Gasteiger charge is 2.28. The van der Waals surface area contributed by atoms with Gasteiger partial charge >= 0.3 is 0 Å². The molecule has 23 heavy (non-hydrogen) atoms. The molecule has 0 atom stereocenters. The lowest BCUT2D eigenvalue weighted by molar-refractivity contribution is 0.146. The molecule has 2 aromatic rings. The number of ether oxygens (including phenoxy) is 2. The van der Waals surface area contributed by atoms with E-state index < -0.39 is 9.04 Å². The maximum absolute atomic E-state index is 6.08. The molecule has 0 radical (unpaired) electrons. The molecule has 0 bridgehead atoms. The summed E-state index contributed by atoms with van der Waals surface area (Å²) in [6, 6.07) is 3.88. The standard InChI is InChI=1S/C17H25BrO4Si/c1-17(2,3)14-13-11(21-16(14)18)7-8-12(22-23(5)6)15(13)20-10-9-19-4/h7-8,23H,9-10H2,1-6H3. The normalized spacial score (nSPS) is 12.2. The highest BCUT2D eigenvalue weighted by molar-refractivity contribution is 9.10. The predicted octanol–water partition coefficient (Wildman–Crippen LogP) is 4.88. The molecule has 0 saturated carbocycles. The number of methoxy groups -OCH3 is 1. The first-order valence-corrected chi connectivity index (χ1v) is 11.4. The van der Waals surface area contributed by atoms with Gasteiger partial charge in [0.05, 0.1) is 12.0 Å². The Morgan fingerprint density at radius 2 is 1.87 bits per heavy atom. The first-order chi connectivity index (χ1) is 10.8. The van der Waals surface area contributed by atoms with Crippen LogP contribution in [-0.4, -0.2) is 29.4 Å². The molecule has 0 aliphatic carbocycles. The van der Waals surface area contributed by atoms with Crippen LogP contribution in [0.4, 0.5) is 0 Å². The third-order valence-corrected chi connectivity index (χ3v) is 4.66.